The van der Waals surface area contributed by atoms with Crippen LogP contribution in [0, 0.1) is 5.92 Å². The second-order valence-electron chi connectivity index (χ2n) is 3.30. The third-order valence-corrected chi connectivity index (χ3v) is 3.49. The maximum atomic E-state index is 4.95. The average Bonchev–Trinajstić information content (AvgIpc) is 3.02. The molecule has 1 aromatic carbocycles. The molecule has 0 amide bonds. The largest absolute Gasteiger partial charge is 0.497 e. The molecule has 2 rings (SSSR count). The van der Waals surface area contributed by atoms with Crippen LogP contribution in [0.1, 0.15) is 12.8 Å². The van der Waals surface area contributed by atoms with Gasteiger partial charge in [-0.2, -0.15) is 0 Å². The molecule has 1 aliphatic rings. The van der Waals surface area contributed by atoms with Crippen LogP contribution in [0.5, 0.6) is 5.75 Å². The Morgan fingerprint density at radius 3 is 2.50 bits per heavy atom. The van der Waals surface area contributed by atoms with Crippen molar-refractivity contribution in [3.63, 3.8) is 0 Å². The van der Waals surface area contributed by atoms with Crippen molar-refractivity contribution in [2.75, 3.05) is 11.5 Å². The molecule has 0 N–H and O–H groups in total. The molecule has 0 aliphatic heterocycles. The molecule has 0 radical (unpaired) electrons. The summed E-state index contributed by atoms with van der Waals surface area (Å²) < 4.78 is 6.33. The molecule has 0 heterocycles. The van der Waals surface area contributed by atoms with Gasteiger partial charge in [-0.1, -0.05) is 28.7 Å². The standard InChI is InChI=1S/C7H8OS.C4H7I/c1-8-6-3-2-4-7(9)5-6;5-3-4-1-2-4/h2-5,9H,1H3;4H,1-3H2. The van der Waals surface area contributed by atoms with E-state index < -0.39 is 0 Å². The van der Waals surface area contributed by atoms with Gasteiger partial charge in [0.05, 0.1) is 7.11 Å². The van der Waals surface area contributed by atoms with Crippen molar-refractivity contribution in [2.24, 2.45) is 5.92 Å². The summed E-state index contributed by atoms with van der Waals surface area (Å²) in [6, 6.07) is 7.57. The Labute approximate surface area is 105 Å². The van der Waals surface area contributed by atoms with Gasteiger partial charge in [0.2, 0.25) is 0 Å². The number of halogens is 1. The maximum absolute atomic E-state index is 4.95. The van der Waals surface area contributed by atoms with E-state index in [1.807, 2.05) is 24.3 Å². The number of thiol groups is 1. The monoisotopic (exact) mass is 322 g/mol. The highest BCUT2D eigenvalue weighted by Crippen LogP contribution is 2.30. The van der Waals surface area contributed by atoms with Crippen LogP contribution in [-0.2, 0) is 0 Å². The molecule has 14 heavy (non-hydrogen) atoms. The summed E-state index contributed by atoms with van der Waals surface area (Å²) in [5, 5.41) is 0. The lowest BCUT2D eigenvalue weighted by molar-refractivity contribution is 0.413. The van der Waals surface area contributed by atoms with Crippen LogP contribution < -0.4 is 4.74 Å². The molecule has 1 saturated carbocycles. The second kappa shape index (κ2) is 6.56. The Morgan fingerprint density at radius 2 is 2.21 bits per heavy atom. The zero-order valence-electron chi connectivity index (χ0n) is 8.24. The zero-order valence-corrected chi connectivity index (χ0v) is 11.3. The molecule has 1 fully saturated rings. The molecular weight excluding hydrogens is 307 g/mol. The van der Waals surface area contributed by atoms with E-state index >= 15 is 0 Å². The van der Waals surface area contributed by atoms with Crippen molar-refractivity contribution in [3.8, 4) is 5.75 Å². The number of ether oxygens (including phenoxy) is 1. The van der Waals surface area contributed by atoms with Crippen molar-refractivity contribution in [1.82, 2.24) is 0 Å². The van der Waals surface area contributed by atoms with Gasteiger partial charge in [-0.25, -0.2) is 0 Å². The summed E-state index contributed by atoms with van der Waals surface area (Å²) in [4.78, 5) is 0.925. The topological polar surface area (TPSA) is 9.23 Å². The first-order valence-electron chi connectivity index (χ1n) is 4.65. The van der Waals surface area contributed by atoms with E-state index in [9.17, 15) is 0 Å². The molecule has 0 spiro atoms. The maximum Gasteiger partial charge on any atom is 0.119 e. The van der Waals surface area contributed by atoms with Crippen LogP contribution >= 0.6 is 35.2 Å². The molecule has 0 aromatic heterocycles. The molecule has 78 valence electrons. The Kier molecular flexibility index (Phi) is 5.70. The van der Waals surface area contributed by atoms with Gasteiger partial charge in [0.1, 0.15) is 5.75 Å². The first-order valence-corrected chi connectivity index (χ1v) is 6.62. The second-order valence-corrected chi connectivity index (χ2v) is 4.70. The minimum Gasteiger partial charge on any atom is -0.497 e. The Morgan fingerprint density at radius 1 is 1.50 bits per heavy atom. The van der Waals surface area contributed by atoms with Gasteiger partial charge >= 0.3 is 0 Å². The fraction of sp³-hybridized carbons (Fsp3) is 0.455. The highest BCUT2D eigenvalue weighted by Gasteiger charge is 2.18. The van der Waals surface area contributed by atoms with E-state index in [0.717, 1.165) is 16.6 Å². The lowest BCUT2D eigenvalue weighted by Gasteiger charge is -1.97. The van der Waals surface area contributed by atoms with Crippen LogP contribution in [0.4, 0.5) is 0 Å². The molecule has 1 aromatic rings. The van der Waals surface area contributed by atoms with Crippen LogP contribution in [0.25, 0.3) is 0 Å². The summed E-state index contributed by atoms with van der Waals surface area (Å²) in [6.45, 7) is 0. The van der Waals surface area contributed by atoms with Gasteiger partial charge in [-0.15, -0.1) is 12.6 Å². The number of methoxy groups -OCH3 is 1. The van der Waals surface area contributed by atoms with Gasteiger partial charge in [0, 0.05) is 9.32 Å². The molecular formula is C11H15IOS. The van der Waals surface area contributed by atoms with Crippen LogP contribution in [-0.4, -0.2) is 11.5 Å². The number of rotatable bonds is 2. The predicted octanol–water partition coefficient (Wildman–Crippen LogP) is 3.82. The Balaban J connectivity index is 0.000000165. The quantitative estimate of drug-likeness (QED) is 0.495. The van der Waals surface area contributed by atoms with Crippen LogP contribution in [0.15, 0.2) is 29.2 Å². The Bertz CT molecular complexity index is 274. The van der Waals surface area contributed by atoms with Gasteiger partial charge in [-0.05, 0) is 37.0 Å². The van der Waals surface area contributed by atoms with E-state index in [1.54, 1.807) is 7.11 Å². The SMILES string of the molecule is COc1cccc(S)c1.ICC1CC1. The third kappa shape index (κ3) is 5.10. The summed E-state index contributed by atoms with van der Waals surface area (Å²) >= 11 is 6.57. The zero-order chi connectivity index (χ0) is 10.4. The number of hydrogen-bond donors (Lipinski definition) is 1. The van der Waals surface area contributed by atoms with Crippen molar-refractivity contribution in [3.05, 3.63) is 24.3 Å². The summed E-state index contributed by atoms with van der Waals surface area (Å²) in [5.74, 6) is 1.97. The van der Waals surface area contributed by atoms with E-state index in [1.165, 1.54) is 17.3 Å². The van der Waals surface area contributed by atoms with E-state index in [-0.39, 0.29) is 0 Å². The highest BCUT2D eigenvalue weighted by molar-refractivity contribution is 14.1. The molecule has 0 atom stereocenters. The van der Waals surface area contributed by atoms with E-state index in [2.05, 4.69) is 35.2 Å². The van der Waals surface area contributed by atoms with Gasteiger partial charge < -0.3 is 4.74 Å². The smallest absolute Gasteiger partial charge is 0.119 e. The van der Waals surface area contributed by atoms with E-state index in [0.29, 0.717) is 0 Å². The molecule has 0 saturated heterocycles. The Hall–Kier alpha value is 0.1000. The molecule has 0 unspecified atom stereocenters. The lowest BCUT2D eigenvalue weighted by Crippen LogP contribution is -1.80. The summed E-state index contributed by atoms with van der Waals surface area (Å²) in [6.07, 6.45) is 3.01. The lowest BCUT2D eigenvalue weighted by atomic mass is 10.3. The molecule has 0 bridgehead atoms. The van der Waals surface area contributed by atoms with Crippen molar-refractivity contribution in [1.29, 1.82) is 0 Å². The van der Waals surface area contributed by atoms with E-state index in [4.69, 9.17) is 4.74 Å². The van der Waals surface area contributed by atoms with Crippen LogP contribution in [0.2, 0.25) is 0 Å². The first kappa shape index (κ1) is 12.2. The summed E-state index contributed by atoms with van der Waals surface area (Å²) in [7, 11) is 1.64. The fourth-order valence-corrected chi connectivity index (χ4v) is 1.98. The predicted molar refractivity (Wildman–Crippen MR) is 71.9 cm³/mol. The van der Waals surface area contributed by atoms with Gasteiger partial charge in [-0.3, -0.25) is 0 Å². The number of benzene rings is 1. The minimum absolute atomic E-state index is 0.850. The normalized spacial score (nSPS) is 14.2. The van der Waals surface area contributed by atoms with Crippen molar-refractivity contribution >= 4 is 35.2 Å². The van der Waals surface area contributed by atoms with Gasteiger partial charge in [0.25, 0.3) is 0 Å². The first-order chi connectivity index (χ1) is 6.76. The molecule has 1 aliphatic carbocycles. The van der Waals surface area contributed by atoms with Gasteiger partial charge in [0.15, 0.2) is 0 Å². The highest BCUT2D eigenvalue weighted by atomic mass is 127. The number of alkyl halides is 1. The minimum atomic E-state index is 0.850. The van der Waals surface area contributed by atoms with Crippen molar-refractivity contribution < 1.29 is 4.74 Å². The van der Waals surface area contributed by atoms with Crippen LogP contribution in [0.3, 0.4) is 0 Å². The van der Waals surface area contributed by atoms with Crippen molar-refractivity contribution in [2.45, 2.75) is 17.7 Å². The fourth-order valence-electron chi connectivity index (χ4n) is 0.883. The third-order valence-electron chi connectivity index (χ3n) is 1.97. The number of hydrogen-bond acceptors (Lipinski definition) is 2. The summed E-state index contributed by atoms with van der Waals surface area (Å²) in [5.41, 5.74) is 0. The molecule has 1 nitrogen and oxygen atoms in total. The average molecular weight is 322 g/mol. The molecule has 3 heteroatoms.